The van der Waals surface area contributed by atoms with Crippen LogP contribution in [0.4, 0.5) is 5.69 Å². The molecule has 0 aliphatic rings. The van der Waals surface area contributed by atoms with Crippen LogP contribution in [-0.2, 0) is 9.84 Å². The maximum atomic E-state index is 11.5. The highest BCUT2D eigenvalue weighted by Crippen LogP contribution is 2.33. The monoisotopic (exact) mass is 259 g/mol. The van der Waals surface area contributed by atoms with E-state index >= 15 is 0 Å². The van der Waals surface area contributed by atoms with Crippen molar-refractivity contribution in [1.82, 2.24) is 0 Å². The summed E-state index contributed by atoms with van der Waals surface area (Å²) in [6.45, 7) is 4.19. The smallest absolute Gasteiger partial charge is 0.177 e. The summed E-state index contributed by atoms with van der Waals surface area (Å²) < 4.78 is 22.9. The Hall–Kier alpha value is -0.680. The molecule has 0 spiro atoms. The van der Waals surface area contributed by atoms with Crippen LogP contribution in [0.25, 0.3) is 0 Å². The number of benzene rings is 1. The molecule has 3 nitrogen and oxygen atoms in total. The number of nitrogens with two attached hydrogens (primary N) is 1. The summed E-state index contributed by atoms with van der Waals surface area (Å²) in [7, 11) is -3.24. The highest BCUT2D eigenvalue weighted by Gasteiger charge is 2.15. The van der Waals surface area contributed by atoms with Crippen LogP contribution in [0.5, 0.6) is 0 Å². The Bertz CT molecular complexity index is 469. The average molecular weight is 259 g/mol. The van der Waals surface area contributed by atoms with Crippen molar-refractivity contribution in [2.24, 2.45) is 0 Å². The van der Waals surface area contributed by atoms with E-state index in [1.165, 1.54) is 6.26 Å². The van der Waals surface area contributed by atoms with Crippen molar-refractivity contribution in [3.63, 3.8) is 0 Å². The Morgan fingerprint density at radius 1 is 1.44 bits per heavy atom. The molecule has 0 fully saturated rings. The number of anilines is 1. The van der Waals surface area contributed by atoms with E-state index in [9.17, 15) is 8.42 Å². The fourth-order valence-electron chi connectivity index (χ4n) is 1.25. The lowest BCUT2D eigenvalue weighted by Crippen LogP contribution is -2.04. The molecule has 16 heavy (non-hydrogen) atoms. The van der Waals surface area contributed by atoms with Crippen molar-refractivity contribution < 1.29 is 8.42 Å². The molecule has 0 saturated heterocycles. The van der Waals surface area contributed by atoms with Crippen LogP contribution in [0.2, 0.25) is 0 Å². The van der Waals surface area contributed by atoms with Gasteiger partial charge in [-0.05, 0) is 18.6 Å². The predicted molar refractivity (Wildman–Crippen MR) is 69.6 cm³/mol. The minimum Gasteiger partial charge on any atom is -0.397 e. The van der Waals surface area contributed by atoms with E-state index in [4.69, 9.17) is 5.73 Å². The quantitative estimate of drug-likeness (QED) is 0.667. The molecule has 0 aliphatic carbocycles. The van der Waals surface area contributed by atoms with E-state index in [-0.39, 0.29) is 4.90 Å². The Labute approximate surface area is 101 Å². The lowest BCUT2D eigenvalue weighted by Gasteiger charge is -2.12. The van der Waals surface area contributed by atoms with Crippen molar-refractivity contribution >= 4 is 27.3 Å². The van der Waals surface area contributed by atoms with E-state index in [0.29, 0.717) is 10.9 Å². The van der Waals surface area contributed by atoms with E-state index in [2.05, 4.69) is 13.8 Å². The summed E-state index contributed by atoms with van der Waals surface area (Å²) in [5, 5.41) is 0.428. The molecule has 0 heterocycles. The molecule has 0 saturated carbocycles. The third-order valence-corrected chi connectivity index (χ3v) is 4.83. The molecule has 1 unspecified atom stereocenters. The number of thioether (sulfide) groups is 1. The van der Waals surface area contributed by atoms with Crippen LogP contribution in [0.3, 0.4) is 0 Å². The molecule has 0 bridgehead atoms. The van der Waals surface area contributed by atoms with Gasteiger partial charge in [0.05, 0.1) is 10.6 Å². The SMILES string of the molecule is CCC(C)Sc1cccc(S(C)(=O)=O)c1N. The van der Waals surface area contributed by atoms with Gasteiger partial charge in [0.1, 0.15) is 0 Å². The first-order valence-corrected chi connectivity index (χ1v) is 7.88. The maximum absolute atomic E-state index is 11.5. The zero-order valence-electron chi connectivity index (χ0n) is 9.73. The standard InChI is InChI=1S/C11H17NO2S2/c1-4-8(2)15-9-6-5-7-10(11(9)12)16(3,13)14/h5-8H,4,12H2,1-3H3. The molecule has 2 N–H and O–H groups in total. The second kappa shape index (κ2) is 5.10. The largest absolute Gasteiger partial charge is 0.397 e. The van der Waals surface area contributed by atoms with E-state index in [0.717, 1.165) is 11.3 Å². The third kappa shape index (κ3) is 3.15. The zero-order chi connectivity index (χ0) is 12.3. The minimum atomic E-state index is -3.24. The Kier molecular flexibility index (Phi) is 4.27. The van der Waals surface area contributed by atoms with Crippen LogP contribution in [-0.4, -0.2) is 19.9 Å². The lowest BCUT2D eigenvalue weighted by atomic mass is 10.3. The molecule has 0 aliphatic heterocycles. The van der Waals surface area contributed by atoms with Gasteiger partial charge in [0, 0.05) is 16.4 Å². The van der Waals surface area contributed by atoms with Crippen molar-refractivity contribution in [3.05, 3.63) is 18.2 Å². The number of para-hydroxylation sites is 1. The molecule has 1 aromatic carbocycles. The van der Waals surface area contributed by atoms with E-state index in [1.807, 2.05) is 6.07 Å². The average Bonchev–Trinajstić information content (AvgIpc) is 2.19. The van der Waals surface area contributed by atoms with Gasteiger partial charge < -0.3 is 5.73 Å². The first kappa shape index (κ1) is 13.4. The Morgan fingerprint density at radius 3 is 2.56 bits per heavy atom. The van der Waals surface area contributed by atoms with Crippen LogP contribution in [0, 0.1) is 0 Å². The molecular weight excluding hydrogens is 242 g/mol. The Balaban J connectivity index is 3.15. The van der Waals surface area contributed by atoms with Crippen LogP contribution in [0.1, 0.15) is 20.3 Å². The molecule has 1 atom stereocenters. The summed E-state index contributed by atoms with van der Waals surface area (Å²) >= 11 is 1.61. The molecule has 0 aromatic heterocycles. The van der Waals surface area contributed by atoms with Crippen LogP contribution < -0.4 is 5.73 Å². The van der Waals surface area contributed by atoms with Gasteiger partial charge in [0.15, 0.2) is 9.84 Å². The maximum Gasteiger partial charge on any atom is 0.177 e. The topological polar surface area (TPSA) is 60.2 Å². The van der Waals surface area contributed by atoms with Gasteiger partial charge in [-0.25, -0.2) is 8.42 Å². The zero-order valence-corrected chi connectivity index (χ0v) is 11.4. The van der Waals surface area contributed by atoms with Gasteiger partial charge in [0.2, 0.25) is 0 Å². The highest BCUT2D eigenvalue weighted by atomic mass is 32.2. The van der Waals surface area contributed by atoms with Gasteiger partial charge >= 0.3 is 0 Å². The van der Waals surface area contributed by atoms with Gasteiger partial charge in [-0.15, -0.1) is 11.8 Å². The van der Waals surface area contributed by atoms with Crippen molar-refractivity contribution in [2.45, 2.75) is 35.3 Å². The van der Waals surface area contributed by atoms with Gasteiger partial charge in [-0.3, -0.25) is 0 Å². The highest BCUT2D eigenvalue weighted by molar-refractivity contribution is 8.00. The molecule has 0 amide bonds. The second-order valence-corrected chi connectivity index (χ2v) is 7.24. The molecule has 0 radical (unpaired) electrons. The summed E-state index contributed by atoms with van der Waals surface area (Å²) in [6.07, 6.45) is 2.20. The predicted octanol–water partition coefficient (Wildman–Crippen LogP) is 2.56. The molecule has 1 aromatic rings. The molecule has 1 rings (SSSR count). The number of sulfone groups is 1. The molecule has 5 heteroatoms. The van der Waals surface area contributed by atoms with Gasteiger partial charge in [-0.2, -0.15) is 0 Å². The molecule has 90 valence electrons. The van der Waals surface area contributed by atoms with Crippen LogP contribution in [0.15, 0.2) is 28.0 Å². The van der Waals surface area contributed by atoms with E-state index < -0.39 is 9.84 Å². The van der Waals surface area contributed by atoms with E-state index in [1.54, 1.807) is 23.9 Å². The summed E-state index contributed by atoms with van der Waals surface area (Å²) in [5.74, 6) is 0. The number of rotatable bonds is 4. The number of hydrogen-bond donors (Lipinski definition) is 1. The van der Waals surface area contributed by atoms with Crippen molar-refractivity contribution in [3.8, 4) is 0 Å². The minimum absolute atomic E-state index is 0.223. The summed E-state index contributed by atoms with van der Waals surface area (Å²) in [4.78, 5) is 1.07. The fourth-order valence-corrected chi connectivity index (χ4v) is 3.14. The summed E-state index contributed by atoms with van der Waals surface area (Å²) in [5.41, 5.74) is 6.24. The molecular formula is C11H17NO2S2. The lowest BCUT2D eigenvalue weighted by molar-refractivity contribution is 0.602. The first-order chi connectivity index (χ1) is 7.36. The Morgan fingerprint density at radius 2 is 2.06 bits per heavy atom. The number of nitrogen functional groups attached to an aromatic ring is 1. The van der Waals surface area contributed by atoms with Gasteiger partial charge in [0.25, 0.3) is 0 Å². The number of hydrogen-bond acceptors (Lipinski definition) is 4. The second-order valence-electron chi connectivity index (χ2n) is 3.78. The third-order valence-electron chi connectivity index (χ3n) is 2.33. The van der Waals surface area contributed by atoms with Crippen molar-refractivity contribution in [2.75, 3.05) is 12.0 Å². The summed E-state index contributed by atoms with van der Waals surface area (Å²) in [6, 6.07) is 5.14. The van der Waals surface area contributed by atoms with Crippen LogP contribution >= 0.6 is 11.8 Å². The normalized spacial score (nSPS) is 13.7. The van der Waals surface area contributed by atoms with Crippen molar-refractivity contribution in [1.29, 1.82) is 0 Å². The fraction of sp³-hybridized carbons (Fsp3) is 0.455. The van der Waals surface area contributed by atoms with Gasteiger partial charge in [-0.1, -0.05) is 19.9 Å². The first-order valence-electron chi connectivity index (χ1n) is 5.11.